The summed E-state index contributed by atoms with van der Waals surface area (Å²) < 4.78 is 43.0. The lowest BCUT2D eigenvalue weighted by Crippen LogP contribution is -2.46. The molecule has 28 heavy (non-hydrogen) atoms. The molecule has 0 aliphatic rings. The first-order valence-corrected chi connectivity index (χ1v) is 8.32. The molecular weight excluding hydrogens is 375 g/mol. The molecule has 1 unspecified atom stereocenters. The summed E-state index contributed by atoms with van der Waals surface area (Å²) in [5.74, 6) is -1.67. The molecule has 0 radical (unpaired) electrons. The van der Waals surface area contributed by atoms with E-state index in [9.17, 15) is 23.1 Å². The molecule has 0 spiro atoms. The van der Waals surface area contributed by atoms with E-state index in [1.807, 2.05) is 30.3 Å². The zero-order chi connectivity index (χ0) is 20.4. The molecule has 3 rings (SSSR count). The summed E-state index contributed by atoms with van der Waals surface area (Å²) >= 11 is 0. The quantitative estimate of drug-likeness (QED) is 0.674. The molecule has 1 atom stereocenters. The maximum absolute atomic E-state index is 13.5. The number of aromatic nitrogens is 4. The Hall–Kier alpha value is -3.14. The molecule has 1 amide bonds. The molecule has 2 aromatic heterocycles. The van der Waals surface area contributed by atoms with E-state index in [-0.39, 0.29) is 5.69 Å². The highest BCUT2D eigenvalue weighted by Gasteiger charge is 2.58. The van der Waals surface area contributed by atoms with Crippen molar-refractivity contribution in [3.05, 3.63) is 66.5 Å². The predicted molar refractivity (Wildman–Crippen MR) is 94.2 cm³/mol. The summed E-state index contributed by atoms with van der Waals surface area (Å²) in [7, 11) is 1.31. The number of carbonyl (C=O) groups is 1. The first-order valence-electron chi connectivity index (χ1n) is 8.32. The van der Waals surface area contributed by atoms with Crippen LogP contribution >= 0.6 is 0 Å². The fourth-order valence-electron chi connectivity index (χ4n) is 2.79. The second-order valence-electron chi connectivity index (χ2n) is 6.36. The first-order chi connectivity index (χ1) is 13.2. The molecule has 2 heterocycles. The molecule has 3 aromatic rings. The average Bonchev–Trinajstić information content (AvgIpc) is 3.23. The summed E-state index contributed by atoms with van der Waals surface area (Å²) in [6.45, 7) is 0.441. The van der Waals surface area contributed by atoms with Gasteiger partial charge in [0.1, 0.15) is 0 Å². The minimum absolute atomic E-state index is 0.227. The third-order valence-corrected chi connectivity index (χ3v) is 4.18. The maximum atomic E-state index is 13.5. The maximum Gasteiger partial charge on any atom is 0.425 e. The van der Waals surface area contributed by atoms with Crippen LogP contribution in [0.2, 0.25) is 0 Å². The fraction of sp³-hybridized carbons (Fsp3) is 0.278. The molecule has 0 aliphatic heterocycles. The van der Waals surface area contributed by atoms with Gasteiger partial charge >= 0.3 is 6.18 Å². The Balaban J connectivity index is 1.71. The molecular formula is C18H18F3N5O2. The van der Waals surface area contributed by atoms with Gasteiger partial charge in [-0.3, -0.25) is 9.48 Å². The van der Waals surface area contributed by atoms with E-state index in [0.29, 0.717) is 6.54 Å². The Morgan fingerprint density at radius 2 is 1.96 bits per heavy atom. The molecule has 0 bridgehead atoms. The molecule has 0 saturated carbocycles. The standard InChI is InChI=1S/C18H18F3N5O2/c1-25-8-7-22-16(25)17(28,18(19,20)21)9-15(27)24-14-10-23-26(12-14)11-13-5-3-2-4-6-13/h2-8,10,12,28H,9,11H2,1H3,(H,24,27). The van der Waals surface area contributed by atoms with Gasteiger partial charge in [0.2, 0.25) is 11.5 Å². The van der Waals surface area contributed by atoms with E-state index in [0.717, 1.165) is 16.3 Å². The van der Waals surface area contributed by atoms with E-state index >= 15 is 0 Å². The lowest BCUT2D eigenvalue weighted by Gasteiger charge is -2.29. The van der Waals surface area contributed by atoms with E-state index in [2.05, 4.69) is 15.4 Å². The van der Waals surface area contributed by atoms with Crippen LogP contribution in [0.15, 0.2) is 55.1 Å². The number of nitrogens with zero attached hydrogens (tertiary/aromatic N) is 4. The molecule has 0 saturated heterocycles. The second-order valence-corrected chi connectivity index (χ2v) is 6.36. The van der Waals surface area contributed by atoms with Crippen molar-refractivity contribution >= 4 is 11.6 Å². The Bertz CT molecular complexity index is 952. The van der Waals surface area contributed by atoms with Crippen LogP contribution < -0.4 is 5.32 Å². The van der Waals surface area contributed by atoms with Gasteiger partial charge in [-0.15, -0.1) is 0 Å². The van der Waals surface area contributed by atoms with Crippen molar-refractivity contribution in [2.75, 3.05) is 5.32 Å². The lowest BCUT2D eigenvalue weighted by molar-refractivity contribution is -0.270. The van der Waals surface area contributed by atoms with Crippen LogP contribution in [0.25, 0.3) is 0 Å². The summed E-state index contributed by atoms with van der Waals surface area (Å²) in [5.41, 5.74) is -2.20. The second kappa shape index (κ2) is 7.47. The number of aryl methyl sites for hydroxylation is 1. The van der Waals surface area contributed by atoms with Crippen molar-refractivity contribution in [3.63, 3.8) is 0 Å². The number of anilines is 1. The summed E-state index contributed by atoms with van der Waals surface area (Å²) in [4.78, 5) is 15.8. The van der Waals surface area contributed by atoms with Gasteiger partial charge in [0.15, 0.2) is 5.82 Å². The van der Waals surface area contributed by atoms with Crippen molar-refractivity contribution in [1.29, 1.82) is 0 Å². The summed E-state index contributed by atoms with van der Waals surface area (Å²) in [5, 5.41) is 16.7. The molecule has 1 aromatic carbocycles. The lowest BCUT2D eigenvalue weighted by atomic mass is 9.97. The highest BCUT2D eigenvalue weighted by molar-refractivity contribution is 5.91. The number of amides is 1. The minimum atomic E-state index is -5.08. The van der Waals surface area contributed by atoms with Gasteiger partial charge in [-0.1, -0.05) is 30.3 Å². The number of carbonyl (C=O) groups excluding carboxylic acids is 1. The van der Waals surface area contributed by atoms with Gasteiger partial charge in [0, 0.05) is 25.6 Å². The third kappa shape index (κ3) is 4.06. The van der Waals surface area contributed by atoms with Crippen molar-refractivity contribution in [2.45, 2.75) is 24.7 Å². The van der Waals surface area contributed by atoms with Crippen LogP contribution in [0.5, 0.6) is 0 Å². The minimum Gasteiger partial charge on any atom is -0.374 e. The summed E-state index contributed by atoms with van der Waals surface area (Å²) in [6, 6.07) is 9.42. The Morgan fingerprint density at radius 3 is 2.57 bits per heavy atom. The highest BCUT2D eigenvalue weighted by atomic mass is 19.4. The molecule has 10 heteroatoms. The first kappa shape index (κ1) is 19.6. The van der Waals surface area contributed by atoms with E-state index in [4.69, 9.17) is 0 Å². The van der Waals surface area contributed by atoms with Gasteiger partial charge in [0.25, 0.3) is 0 Å². The van der Waals surface area contributed by atoms with Gasteiger partial charge in [-0.2, -0.15) is 18.3 Å². The van der Waals surface area contributed by atoms with E-state index in [1.54, 1.807) is 4.68 Å². The molecule has 7 nitrogen and oxygen atoms in total. The van der Waals surface area contributed by atoms with Crippen LogP contribution in [-0.2, 0) is 24.0 Å². The fourth-order valence-corrected chi connectivity index (χ4v) is 2.79. The van der Waals surface area contributed by atoms with Crippen LogP contribution in [-0.4, -0.2) is 36.5 Å². The Kier molecular flexibility index (Phi) is 5.23. The normalized spacial score (nSPS) is 13.9. The highest BCUT2D eigenvalue weighted by Crippen LogP contribution is 2.40. The van der Waals surface area contributed by atoms with Crippen LogP contribution in [0, 0.1) is 0 Å². The summed E-state index contributed by atoms with van der Waals surface area (Å²) in [6.07, 6.45) is -1.10. The molecule has 2 N–H and O–H groups in total. The van der Waals surface area contributed by atoms with Crippen LogP contribution in [0.4, 0.5) is 18.9 Å². The Labute approximate surface area is 158 Å². The van der Waals surface area contributed by atoms with Crippen LogP contribution in [0.1, 0.15) is 17.8 Å². The number of benzene rings is 1. The van der Waals surface area contributed by atoms with Crippen molar-refractivity contribution in [1.82, 2.24) is 19.3 Å². The number of hydrogen-bond acceptors (Lipinski definition) is 4. The zero-order valence-corrected chi connectivity index (χ0v) is 14.9. The van der Waals surface area contributed by atoms with Gasteiger partial charge in [0.05, 0.1) is 24.8 Å². The topological polar surface area (TPSA) is 85.0 Å². The number of alkyl halides is 3. The van der Waals surface area contributed by atoms with Crippen molar-refractivity contribution < 1.29 is 23.1 Å². The number of imidazole rings is 1. The van der Waals surface area contributed by atoms with Gasteiger partial charge in [-0.25, -0.2) is 4.98 Å². The number of halogens is 3. The van der Waals surface area contributed by atoms with Crippen LogP contribution in [0.3, 0.4) is 0 Å². The SMILES string of the molecule is Cn1ccnc1C(O)(CC(=O)Nc1cnn(Cc2ccccc2)c1)C(F)(F)F. The molecule has 148 valence electrons. The third-order valence-electron chi connectivity index (χ3n) is 4.18. The number of aliphatic hydroxyl groups is 1. The molecule has 0 fully saturated rings. The van der Waals surface area contributed by atoms with Crippen molar-refractivity contribution in [3.8, 4) is 0 Å². The smallest absolute Gasteiger partial charge is 0.374 e. The number of hydrogen-bond donors (Lipinski definition) is 2. The van der Waals surface area contributed by atoms with Gasteiger partial charge < -0.3 is 15.0 Å². The number of nitrogens with one attached hydrogen (secondary N) is 1. The Morgan fingerprint density at radius 1 is 1.25 bits per heavy atom. The average molecular weight is 393 g/mol. The van der Waals surface area contributed by atoms with Crippen molar-refractivity contribution in [2.24, 2.45) is 7.05 Å². The van der Waals surface area contributed by atoms with Gasteiger partial charge in [-0.05, 0) is 5.56 Å². The zero-order valence-electron chi connectivity index (χ0n) is 14.9. The van der Waals surface area contributed by atoms with E-state index < -0.39 is 29.9 Å². The predicted octanol–water partition coefficient (Wildman–Crippen LogP) is 2.44. The molecule has 0 aliphatic carbocycles. The monoisotopic (exact) mass is 393 g/mol. The van der Waals surface area contributed by atoms with E-state index in [1.165, 1.54) is 25.6 Å². The largest absolute Gasteiger partial charge is 0.425 e. The number of rotatable bonds is 6.